The van der Waals surface area contributed by atoms with Gasteiger partial charge in [-0.2, -0.15) is 0 Å². The molecule has 0 atom stereocenters. The van der Waals surface area contributed by atoms with E-state index in [1.807, 2.05) is 0 Å². The van der Waals surface area contributed by atoms with Crippen molar-refractivity contribution in [1.29, 1.82) is 0 Å². The van der Waals surface area contributed by atoms with Gasteiger partial charge in [0.25, 0.3) is 5.91 Å². The molecule has 0 spiro atoms. The smallest absolute Gasteiger partial charge is 0.288 e. The highest BCUT2D eigenvalue weighted by Gasteiger charge is 2.31. The van der Waals surface area contributed by atoms with E-state index in [1.54, 1.807) is 11.0 Å². The third-order valence-electron chi connectivity index (χ3n) is 2.73. The molecular formula is C9H13NO2. The lowest BCUT2D eigenvalue weighted by atomic mass is 10.2. The molecule has 1 amide bonds. The van der Waals surface area contributed by atoms with Gasteiger partial charge in [-0.15, -0.1) is 0 Å². The fourth-order valence-electron chi connectivity index (χ4n) is 2.03. The van der Waals surface area contributed by atoms with Crippen molar-refractivity contribution in [2.75, 3.05) is 6.54 Å². The topological polar surface area (TPSA) is 40.5 Å². The average molecular weight is 167 g/mol. The second-order valence-electron chi connectivity index (χ2n) is 3.49. The van der Waals surface area contributed by atoms with Crippen molar-refractivity contribution >= 4 is 5.91 Å². The largest absolute Gasteiger partial charge is 0.503 e. The van der Waals surface area contributed by atoms with Gasteiger partial charge in [0, 0.05) is 12.6 Å². The molecule has 0 saturated heterocycles. The van der Waals surface area contributed by atoms with Crippen molar-refractivity contribution in [3.8, 4) is 0 Å². The van der Waals surface area contributed by atoms with E-state index in [1.165, 1.54) is 12.8 Å². The van der Waals surface area contributed by atoms with Gasteiger partial charge in [0.15, 0.2) is 5.76 Å². The van der Waals surface area contributed by atoms with E-state index >= 15 is 0 Å². The Balaban J connectivity index is 2.03. The molecule has 1 aliphatic carbocycles. The Kier molecular flexibility index (Phi) is 1.79. The lowest BCUT2D eigenvalue weighted by Crippen LogP contribution is -2.35. The van der Waals surface area contributed by atoms with E-state index in [9.17, 15) is 4.79 Å². The first-order chi connectivity index (χ1) is 5.79. The summed E-state index contributed by atoms with van der Waals surface area (Å²) in [6.07, 6.45) is 6.24. The summed E-state index contributed by atoms with van der Waals surface area (Å²) in [5, 5.41) is 9.10. The van der Waals surface area contributed by atoms with E-state index in [2.05, 4.69) is 0 Å². The molecule has 1 fully saturated rings. The van der Waals surface area contributed by atoms with Gasteiger partial charge in [-0.05, 0) is 18.9 Å². The number of carbonyl (C=O) groups is 1. The minimum absolute atomic E-state index is 0.0677. The van der Waals surface area contributed by atoms with Crippen LogP contribution in [0.3, 0.4) is 0 Å². The van der Waals surface area contributed by atoms with Crippen molar-refractivity contribution in [2.24, 2.45) is 0 Å². The van der Waals surface area contributed by atoms with Gasteiger partial charge in [-0.1, -0.05) is 12.8 Å². The fraction of sp³-hybridized carbons (Fsp3) is 0.667. The molecule has 3 heteroatoms. The molecule has 1 heterocycles. The zero-order valence-corrected chi connectivity index (χ0v) is 6.99. The Morgan fingerprint density at radius 2 is 2.08 bits per heavy atom. The zero-order valence-electron chi connectivity index (χ0n) is 6.99. The molecule has 0 aromatic heterocycles. The fourth-order valence-corrected chi connectivity index (χ4v) is 2.03. The van der Waals surface area contributed by atoms with Crippen LogP contribution in [0.25, 0.3) is 0 Å². The summed E-state index contributed by atoms with van der Waals surface area (Å²) < 4.78 is 0. The average Bonchev–Trinajstić information content (AvgIpc) is 2.64. The Morgan fingerprint density at radius 1 is 1.42 bits per heavy atom. The third kappa shape index (κ3) is 1.09. The second kappa shape index (κ2) is 2.81. The van der Waals surface area contributed by atoms with E-state index in [0.29, 0.717) is 12.6 Å². The van der Waals surface area contributed by atoms with Crippen LogP contribution in [0.1, 0.15) is 25.7 Å². The van der Waals surface area contributed by atoms with Crippen molar-refractivity contribution in [2.45, 2.75) is 31.7 Å². The summed E-state index contributed by atoms with van der Waals surface area (Å²) in [6.45, 7) is 0.606. The number of hydrogen-bond donors (Lipinski definition) is 1. The molecule has 0 aromatic rings. The number of aliphatic hydroxyl groups is 1. The summed E-state index contributed by atoms with van der Waals surface area (Å²) in [5.74, 6) is -0.246. The van der Waals surface area contributed by atoms with E-state index < -0.39 is 0 Å². The van der Waals surface area contributed by atoms with Crippen LogP contribution in [0.4, 0.5) is 0 Å². The molecule has 12 heavy (non-hydrogen) atoms. The molecule has 0 unspecified atom stereocenters. The molecule has 1 saturated carbocycles. The van der Waals surface area contributed by atoms with Crippen LogP contribution in [0, 0.1) is 0 Å². The van der Waals surface area contributed by atoms with Crippen LogP contribution >= 0.6 is 0 Å². The van der Waals surface area contributed by atoms with Crippen molar-refractivity contribution in [3.05, 3.63) is 11.8 Å². The SMILES string of the molecule is O=C1C(O)=CCN1C1CCCC1. The highest BCUT2D eigenvalue weighted by Crippen LogP contribution is 2.26. The van der Waals surface area contributed by atoms with Crippen LogP contribution in [-0.4, -0.2) is 28.5 Å². The number of hydrogen-bond acceptors (Lipinski definition) is 2. The summed E-state index contributed by atoms with van der Waals surface area (Å²) in [7, 11) is 0. The van der Waals surface area contributed by atoms with Crippen molar-refractivity contribution < 1.29 is 9.90 Å². The molecule has 2 aliphatic rings. The van der Waals surface area contributed by atoms with Crippen molar-refractivity contribution in [3.63, 3.8) is 0 Å². The summed E-state index contributed by atoms with van der Waals surface area (Å²) in [4.78, 5) is 13.1. The third-order valence-corrected chi connectivity index (χ3v) is 2.73. The van der Waals surface area contributed by atoms with Crippen LogP contribution < -0.4 is 0 Å². The molecule has 1 N–H and O–H groups in total. The summed E-state index contributed by atoms with van der Waals surface area (Å²) in [6, 6.07) is 0.387. The standard InChI is InChI=1S/C9H13NO2/c11-8-5-6-10(9(8)12)7-3-1-2-4-7/h5,7,11H,1-4,6H2. The van der Waals surface area contributed by atoms with Crippen LogP contribution in [0.2, 0.25) is 0 Å². The lowest BCUT2D eigenvalue weighted by Gasteiger charge is -2.22. The van der Waals surface area contributed by atoms with E-state index in [-0.39, 0.29) is 11.7 Å². The van der Waals surface area contributed by atoms with Gasteiger partial charge < -0.3 is 10.0 Å². The summed E-state index contributed by atoms with van der Waals surface area (Å²) in [5.41, 5.74) is 0. The highest BCUT2D eigenvalue weighted by molar-refractivity contribution is 5.93. The normalized spacial score (nSPS) is 25.2. The molecule has 0 aromatic carbocycles. The number of amides is 1. The van der Waals surface area contributed by atoms with Crippen molar-refractivity contribution in [1.82, 2.24) is 4.90 Å². The maximum Gasteiger partial charge on any atom is 0.288 e. The first-order valence-corrected chi connectivity index (χ1v) is 4.49. The van der Waals surface area contributed by atoms with Gasteiger partial charge >= 0.3 is 0 Å². The molecule has 2 rings (SSSR count). The second-order valence-corrected chi connectivity index (χ2v) is 3.49. The quantitative estimate of drug-likeness (QED) is 0.637. The van der Waals surface area contributed by atoms with E-state index in [0.717, 1.165) is 12.8 Å². The van der Waals surface area contributed by atoms with Gasteiger partial charge in [-0.25, -0.2) is 0 Å². The Labute approximate surface area is 71.7 Å². The number of nitrogens with zero attached hydrogens (tertiary/aromatic N) is 1. The minimum atomic E-state index is -0.179. The number of carbonyl (C=O) groups excluding carboxylic acids is 1. The maximum atomic E-state index is 11.3. The molecule has 66 valence electrons. The van der Waals surface area contributed by atoms with Gasteiger partial charge in [0.1, 0.15) is 0 Å². The molecule has 3 nitrogen and oxygen atoms in total. The first-order valence-electron chi connectivity index (χ1n) is 4.49. The highest BCUT2D eigenvalue weighted by atomic mass is 16.3. The van der Waals surface area contributed by atoms with Gasteiger partial charge in [-0.3, -0.25) is 4.79 Å². The molecule has 0 radical (unpaired) electrons. The minimum Gasteiger partial charge on any atom is -0.503 e. The Hall–Kier alpha value is -0.990. The number of aliphatic hydroxyl groups excluding tert-OH is 1. The van der Waals surface area contributed by atoms with E-state index in [4.69, 9.17) is 5.11 Å². The molecule has 0 bridgehead atoms. The maximum absolute atomic E-state index is 11.3. The molecular weight excluding hydrogens is 154 g/mol. The lowest BCUT2D eigenvalue weighted by molar-refractivity contribution is -0.129. The van der Waals surface area contributed by atoms with Gasteiger partial charge in [0.2, 0.25) is 0 Å². The zero-order chi connectivity index (χ0) is 8.55. The first kappa shape index (κ1) is 7.65. The Morgan fingerprint density at radius 3 is 2.58 bits per heavy atom. The Bertz CT molecular complexity index is 229. The van der Waals surface area contributed by atoms with Crippen LogP contribution in [0.5, 0.6) is 0 Å². The predicted molar refractivity (Wildman–Crippen MR) is 44.7 cm³/mol. The summed E-state index contributed by atoms with van der Waals surface area (Å²) >= 11 is 0. The monoisotopic (exact) mass is 167 g/mol. The van der Waals surface area contributed by atoms with Crippen LogP contribution in [-0.2, 0) is 4.79 Å². The van der Waals surface area contributed by atoms with Crippen LogP contribution in [0.15, 0.2) is 11.8 Å². The molecule has 1 aliphatic heterocycles. The predicted octanol–water partition coefficient (Wildman–Crippen LogP) is 1.21. The number of rotatable bonds is 1. The van der Waals surface area contributed by atoms with Gasteiger partial charge in [0.05, 0.1) is 0 Å².